The highest BCUT2D eigenvalue weighted by Gasteiger charge is 2.48. The van der Waals surface area contributed by atoms with Crippen LogP contribution in [0.1, 0.15) is 55.8 Å². The highest BCUT2D eigenvalue weighted by Crippen LogP contribution is 2.40. The number of carbonyl (C=O) groups excluding carboxylic acids is 3. The van der Waals surface area contributed by atoms with Crippen LogP contribution in [-0.4, -0.2) is 45.8 Å². The van der Waals surface area contributed by atoms with E-state index in [1.165, 1.54) is 34.2 Å². The number of aromatic nitrogens is 1. The third-order valence-corrected chi connectivity index (χ3v) is 7.71. The van der Waals surface area contributed by atoms with Crippen LogP contribution in [0.15, 0.2) is 66.9 Å². The van der Waals surface area contributed by atoms with E-state index in [9.17, 15) is 33.5 Å². The predicted octanol–water partition coefficient (Wildman–Crippen LogP) is 4.92. The fraction of sp³-hybridized carbons (Fsp3) is 0.323. The molecule has 3 aromatic rings. The minimum atomic E-state index is -2.89. The second-order valence-corrected chi connectivity index (χ2v) is 10.7. The monoisotopic (exact) mass is 609 g/mol. The van der Waals surface area contributed by atoms with Crippen LogP contribution in [0.4, 0.5) is 20.3 Å². The number of aliphatic hydroxyl groups excluding tert-OH is 1. The molecular formula is C31H30ClF2N5O4. The number of pyridine rings is 1. The molecule has 1 aromatic heterocycles. The van der Waals surface area contributed by atoms with Crippen molar-refractivity contribution in [3.8, 4) is 6.07 Å². The number of carbonyl (C=O) groups is 3. The van der Waals surface area contributed by atoms with Gasteiger partial charge in [0.1, 0.15) is 17.9 Å². The van der Waals surface area contributed by atoms with Crippen LogP contribution in [0.5, 0.6) is 0 Å². The Morgan fingerprint density at radius 3 is 2.60 bits per heavy atom. The molecular weight excluding hydrogens is 580 g/mol. The van der Waals surface area contributed by atoms with Gasteiger partial charge in [-0.05, 0) is 42.3 Å². The first-order chi connectivity index (χ1) is 20.1. The molecule has 43 heavy (non-hydrogen) atoms. The lowest BCUT2D eigenvalue weighted by Crippen LogP contribution is -2.56. The first-order valence-corrected chi connectivity index (χ1v) is 13.6. The summed E-state index contributed by atoms with van der Waals surface area (Å²) in [5, 5.41) is 22.0. The third-order valence-electron chi connectivity index (χ3n) is 7.37. The van der Waals surface area contributed by atoms with E-state index in [0.29, 0.717) is 5.56 Å². The quantitative estimate of drug-likeness (QED) is 0.373. The Morgan fingerprint density at radius 2 is 1.93 bits per heavy atom. The van der Waals surface area contributed by atoms with Crippen molar-refractivity contribution in [1.29, 1.82) is 5.26 Å². The van der Waals surface area contributed by atoms with Crippen LogP contribution in [0, 0.1) is 11.3 Å². The van der Waals surface area contributed by atoms with Gasteiger partial charge in [-0.25, -0.2) is 13.8 Å². The topological polar surface area (TPSA) is 127 Å². The Kier molecular flexibility index (Phi) is 9.43. The summed E-state index contributed by atoms with van der Waals surface area (Å²) < 4.78 is 27.3. The van der Waals surface area contributed by atoms with E-state index in [0.717, 1.165) is 0 Å². The SMILES string of the molecule is C.N#Cc1ccnc(N2C(=O)CC[C@H]2C(=O)N(c2cccc(CO)c2)[C@H](C(=O)NC2CC(F)(F)C2)c2ccccc2Cl)c1. The van der Waals surface area contributed by atoms with E-state index in [1.54, 1.807) is 42.5 Å². The van der Waals surface area contributed by atoms with Crippen molar-refractivity contribution in [3.63, 3.8) is 0 Å². The number of amides is 3. The van der Waals surface area contributed by atoms with Crippen molar-refractivity contribution in [3.05, 3.63) is 88.6 Å². The maximum atomic E-state index is 14.6. The van der Waals surface area contributed by atoms with Gasteiger partial charge in [-0.15, -0.1) is 0 Å². The predicted molar refractivity (Wildman–Crippen MR) is 156 cm³/mol. The van der Waals surface area contributed by atoms with Gasteiger partial charge in [0, 0.05) is 47.8 Å². The number of hydrogen-bond acceptors (Lipinski definition) is 6. The minimum absolute atomic E-state index is 0. The molecule has 3 amide bonds. The van der Waals surface area contributed by atoms with Crippen LogP contribution in [0.25, 0.3) is 0 Å². The van der Waals surface area contributed by atoms with Crippen molar-refractivity contribution in [1.82, 2.24) is 10.3 Å². The van der Waals surface area contributed by atoms with Gasteiger partial charge >= 0.3 is 0 Å². The summed E-state index contributed by atoms with van der Waals surface area (Å²) in [4.78, 5) is 48.1. The van der Waals surface area contributed by atoms with Gasteiger partial charge < -0.3 is 10.4 Å². The van der Waals surface area contributed by atoms with Crippen LogP contribution in [0.2, 0.25) is 5.02 Å². The Labute approximate surface area is 252 Å². The standard InChI is InChI=1S/C30H26ClF2N5O4.CH4/c31-23-7-2-1-6-22(23)27(28(41)36-20-14-30(32,33)15-20)37(21-5-3-4-19(12-21)17-39)29(42)24-8-9-26(40)38(24)25-13-18(16-34)10-11-35-25;/h1-7,10-13,20,24,27,39H,8-9,14-15,17H2,(H,36,41);1H4/t24-,27-;/m0./s1. The van der Waals surface area contributed by atoms with E-state index < -0.39 is 54.6 Å². The van der Waals surface area contributed by atoms with Crippen LogP contribution >= 0.6 is 11.6 Å². The van der Waals surface area contributed by atoms with E-state index in [4.69, 9.17) is 11.6 Å². The van der Waals surface area contributed by atoms with Gasteiger partial charge in [0.05, 0.1) is 18.2 Å². The average Bonchev–Trinajstić information content (AvgIpc) is 3.36. The van der Waals surface area contributed by atoms with Crippen LogP contribution in [-0.2, 0) is 21.0 Å². The van der Waals surface area contributed by atoms with Gasteiger partial charge in [-0.2, -0.15) is 5.26 Å². The number of anilines is 2. The molecule has 9 nitrogen and oxygen atoms in total. The molecule has 2 fully saturated rings. The third kappa shape index (κ3) is 6.50. The zero-order valence-corrected chi connectivity index (χ0v) is 23.0. The number of nitrogens with zero attached hydrogens (tertiary/aromatic N) is 4. The highest BCUT2D eigenvalue weighted by atomic mass is 35.5. The molecule has 1 aliphatic heterocycles. The second kappa shape index (κ2) is 12.9. The zero-order valence-electron chi connectivity index (χ0n) is 22.2. The molecule has 2 N–H and O–H groups in total. The molecule has 1 aliphatic carbocycles. The summed E-state index contributed by atoms with van der Waals surface area (Å²) in [6.07, 6.45) is 0.400. The summed E-state index contributed by atoms with van der Waals surface area (Å²) in [7, 11) is 0. The number of benzene rings is 2. The number of aliphatic hydroxyl groups is 1. The fourth-order valence-corrected chi connectivity index (χ4v) is 5.57. The molecule has 0 spiro atoms. The summed E-state index contributed by atoms with van der Waals surface area (Å²) in [6, 6.07) is 14.3. The van der Waals surface area contributed by atoms with Gasteiger partial charge in [-0.3, -0.25) is 24.2 Å². The minimum Gasteiger partial charge on any atom is -0.392 e. The first kappa shape index (κ1) is 31.5. The van der Waals surface area contributed by atoms with Crippen LogP contribution in [0.3, 0.4) is 0 Å². The van der Waals surface area contributed by atoms with Crippen LogP contribution < -0.4 is 15.1 Å². The second-order valence-electron chi connectivity index (χ2n) is 10.3. The van der Waals surface area contributed by atoms with E-state index >= 15 is 0 Å². The molecule has 1 saturated carbocycles. The van der Waals surface area contributed by atoms with Crippen molar-refractivity contribution < 1.29 is 28.3 Å². The number of nitrogens with one attached hydrogen (secondary N) is 1. The molecule has 2 aromatic carbocycles. The Hall–Kier alpha value is -4.40. The number of hydrogen-bond donors (Lipinski definition) is 2. The molecule has 0 bridgehead atoms. The van der Waals surface area contributed by atoms with E-state index in [-0.39, 0.29) is 54.5 Å². The number of alkyl halides is 2. The summed E-state index contributed by atoms with van der Waals surface area (Å²) in [5.74, 6) is -4.56. The zero-order chi connectivity index (χ0) is 30.0. The van der Waals surface area contributed by atoms with E-state index in [1.807, 2.05) is 6.07 Å². The van der Waals surface area contributed by atoms with Gasteiger partial charge in [0.15, 0.2) is 0 Å². The van der Waals surface area contributed by atoms with Gasteiger partial charge in [0.2, 0.25) is 11.8 Å². The lowest BCUT2D eigenvalue weighted by molar-refractivity contribution is -0.133. The Balaban J connectivity index is 0.00000423. The fourth-order valence-electron chi connectivity index (χ4n) is 5.33. The summed E-state index contributed by atoms with van der Waals surface area (Å²) >= 11 is 6.55. The lowest BCUT2D eigenvalue weighted by atomic mass is 9.87. The summed E-state index contributed by atoms with van der Waals surface area (Å²) in [6.45, 7) is -0.352. The molecule has 2 atom stereocenters. The van der Waals surface area contributed by atoms with E-state index in [2.05, 4.69) is 10.3 Å². The number of rotatable bonds is 8. The molecule has 2 heterocycles. The molecule has 1 saturated heterocycles. The molecule has 224 valence electrons. The Bertz CT molecular complexity index is 1570. The number of halogens is 3. The van der Waals surface area contributed by atoms with Gasteiger partial charge in [-0.1, -0.05) is 49.4 Å². The van der Waals surface area contributed by atoms with Crippen molar-refractivity contribution in [2.24, 2.45) is 0 Å². The Morgan fingerprint density at radius 1 is 1.19 bits per heavy atom. The first-order valence-electron chi connectivity index (χ1n) is 13.3. The molecule has 2 aliphatic rings. The summed E-state index contributed by atoms with van der Waals surface area (Å²) in [5.41, 5.74) is 1.16. The number of nitriles is 1. The average molecular weight is 610 g/mol. The molecule has 0 radical (unpaired) electrons. The smallest absolute Gasteiger partial charge is 0.252 e. The normalized spacial score (nSPS) is 18.2. The van der Waals surface area contributed by atoms with Crippen molar-refractivity contribution >= 4 is 40.8 Å². The highest BCUT2D eigenvalue weighted by molar-refractivity contribution is 6.31. The van der Waals surface area contributed by atoms with Crippen molar-refractivity contribution in [2.45, 2.75) is 63.8 Å². The van der Waals surface area contributed by atoms with Gasteiger partial charge in [0.25, 0.3) is 11.8 Å². The maximum absolute atomic E-state index is 14.6. The molecule has 0 unspecified atom stereocenters. The van der Waals surface area contributed by atoms with Crippen molar-refractivity contribution in [2.75, 3.05) is 9.80 Å². The lowest BCUT2D eigenvalue weighted by Gasteiger charge is -2.39. The largest absolute Gasteiger partial charge is 0.392 e. The molecule has 12 heteroatoms. The maximum Gasteiger partial charge on any atom is 0.252 e. The molecule has 5 rings (SSSR count).